The first-order valence-corrected chi connectivity index (χ1v) is 7.82. The van der Waals surface area contributed by atoms with Gasteiger partial charge in [0.1, 0.15) is 18.3 Å². The molecular formula is C14H26N2O8. The molecule has 7 N–H and O–H groups in total. The highest BCUT2D eigenvalue weighted by Crippen LogP contribution is 2.35. The Hall–Kier alpha value is -0.850. The van der Waals surface area contributed by atoms with Crippen molar-refractivity contribution < 1.29 is 39.8 Å². The molecule has 140 valence electrons. The summed E-state index contributed by atoms with van der Waals surface area (Å²) in [5, 5.41) is 56.1. The summed E-state index contributed by atoms with van der Waals surface area (Å²) in [5.41, 5.74) is -2.28. The standard InChI is InChI=1S/C14H26N2O8/c1-5-4-14(22,12(20)21)13(23-5)24-11-9(18)6(15-2)8(17)7(16-3)10(11)19/h5-11,13,15-19,22H,4H2,1-3H3,(H,20,21)/t5-,6-,7+,8?,9+,10-,11?,13+,14+/m1/s1. The van der Waals surface area contributed by atoms with Gasteiger partial charge < -0.3 is 45.6 Å². The quantitative estimate of drug-likeness (QED) is 0.266. The molecule has 0 bridgehead atoms. The van der Waals surface area contributed by atoms with E-state index < -0.39 is 60.5 Å². The molecule has 2 fully saturated rings. The Labute approximate surface area is 139 Å². The third-order valence-electron chi connectivity index (χ3n) is 4.81. The first-order chi connectivity index (χ1) is 11.2. The van der Waals surface area contributed by atoms with Crippen LogP contribution in [0.4, 0.5) is 0 Å². The number of carboxylic acid groups (broad SMARTS) is 1. The number of hydrogen-bond donors (Lipinski definition) is 7. The molecule has 0 radical (unpaired) electrons. The predicted molar refractivity (Wildman–Crippen MR) is 80.1 cm³/mol. The van der Waals surface area contributed by atoms with Gasteiger partial charge in [0.25, 0.3) is 0 Å². The third-order valence-corrected chi connectivity index (χ3v) is 4.81. The molecule has 24 heavy (non-hydrogen) atoms. The maximum atomic E-state index is 11.4. The molecule has 0 amide bonds. The Bertz CT molecular complexity index is 448. The van der Waals surface area contributed by atoms with Gasteiger partial charge in [0, 0.05) is 6.42 Å². The van der Waals surface area contributed by atoms with Gasteiger partial charge in [-0.3, -0.25) is 0 Å². The van der Waals surface area contributed by atoms with Crippen molar-refractivity contribution in [2.24, 2.45) is 0 Å². The van der Waals surface area contributed by atoms with E-state index in [4.69, 9.17) is 9.47 Å². The molecular weight excluding hydrogens is 324 g/mol. The first-order valence-electron chi connectivity index (χ1n) is 7.82. The van der Waals surface area contributed by atoms with Crippen LogP contribution in [-0.2, 0) is 14.3 Å². The minimum atomic E-state index is -2.28. The number of carboxylic acids is 1. The third kappa shape index (κ3) is 3.16. The lowest BCUT2D eigenvalue weighted by atomic mass is 9.81. The van der Waals surface area contributed by atoms with Gasteiger partial charge in [0.2, 0.25) is 5.60 Å². The predicted octanol–water partition coefficient (Wildman–Crippen LogP) is -3.41. The topological polar surface area (TPSA) is 161 Å². The molecule has 0 aromatic rings. The number of nitrogens with one attached hydrogen (secondary N) is 2. The minimum Gasteiger partial charge on any atom is -0.479 e. The average Bonchev–Trinajstić information content (AvgIpc) is 2.80. The average molecular weight is 350 g/mol. The van der Waals surface area contributed by atoms with Gasteiger partial charge in [-0.05, 0) is 21.0 Å². The molecule has 1 aliphatic heterocycles. The molecule has 0 aromatic carbocycles. The monoisotopic (exact) mass is 350 g/mol. The molecule has 0 aromatic heterocycles. The van der Waals surface area contributed by atoms with Crippen LogP contribution in [0.15, 0.2) is 0 Å². The van der Waals surface area contributed by atoms with Crippen LogP contribution >= 0.6 is 0 Å². The van der Waals surface area contributed by atoms with Crippen LogP contribution in [0.1, 0.15) is 13.3 Å². The van der Waals surface area contributed by atoms with Crippen molar-refractivity contribution in [3.8, 4) is 0 Å². The molecule has 1 aliphatic carbocycles. The number of aliphatic carboxylic acids is 1. The molecule has 1 saturated carbocycles. The van der Waals surface area contributed by atoms with Crippen LogP contribution in [0.25, 0.3) is 0 Å². The van der Waals surface area contributed by atoms with Crippen LogP contribution in [0, 0.1) is 0 Å². The zero-order valence-electron chi connectivity index (χ0n) is 13.8. The van der Waals surface area contributed by atoms with E-state index in [1.54, 1.807) is 6.92 Å². The van der Waals surface area contributed by atoms with Gasteiger partial charge in [0.15, 0.2) is 6.29 Å². The van der Waals surface area contributed by atoms with Gasteiger partial charge in [-0.15, -0.1) is 0 Å². The molecule has 2 rings (SSSR count). The number of aliphatic hydroxyl groups excluding tert-OH is 3. The van der Waals surface area contributed by atoms with Crippen molar-refractivity contribution >= 4 is 5.97 Å². The van der Waals surface area contributed by atoms with E-state index in [1.165, 1.54) is 14.1 Å². The highest BCUT2D eigenvalue weighted by atomic mass is 16.7. The van der Waals surface area contributed by atoms with E-state index in [0.29, 0.717) is 0 Å². The SMILES string of the molecule is CN[C@@H]1C(O)[C@H](NC)[C@@H](O)C(O[C@@H]2O[C@H](C)C[C@]2(O)C(=O)O)[C@H]1O. The Morgan fingerprint density at radius 1 is 1.12 bits per heavy atom. The summed E-state index contributed by atoms with van der Waals surface area (Å²) in [6.45, 7) is 1.58. The fourth-order valence-corrected chi connectivity index (χ4v) is 3.46. The van der Waals surface area contributed by atoms with E-state index in [-0.39, 0.29) is 6.42 Å². The Balaban J connectivity index is 2.24. The minimum absolute atomic E-state index is 0.181. The summed E-state index contributed by atoms with van der Waals surface area (Å²) < 4.78 is 10.8. The lowest BCUT2D eigenvalue weighted by molar-refractivity contribution is -0.268. The second kappa shape index (κ2) is 7.18. The number of ether oxygens (including phenoxy) is 2. The molecule has 1 heterocycles. The summed E-state index contributed by atoms with van der Waals surface area (Å²) in [6, 6.07) is -1.65. The van der Waals surface area contributed by atoms with Crippen LogP contribution in [0.2, 0.25) is 0 Å². The van der Waals surface area contributed by atoms with E-state index >= 15 is 0 Å². The summed E-state index contributed by atoms with van der Waals surface area (Å²) in [7, 11) is 3.06. The fraction of sp³-hybridized carbons (Fsp3) is 0.929. The van der Waals surface area contributed by atoms with E-state index in [9.17, 15) is 30.3 Å². The number of rotatable bonds is 5. The highest BCUT2D eigenvalue weighted by molar-refractivity contribution is 5.78. The maximum Gasteiger partial charge on any atom is 0.341 e. The van der Waals surface area contributed by atoms with Gasteiger partial charge in [-0.25, -0.2) is 4.79 Å². The summed E-state index contributed by atoms with van der Waals surface area (Å²) in [5.74, 6) is -1.51. The molecule has 10 nitrogen and oxygen atoms in total. The zero-order valence-corrected chi connectivity index (χ0v) is 13.8. The molecule has 2 unspecified atom stereocenters. The summed E-state index contributed by atoms with van der Waals surface area (Å²) in [6.07, 6.45) is -7.37. The van der Waals surface area contributed by atoms with Crippen LogP contribution in [0.3, 0.4) is 0 Å². The van der Waals surface area contributed by atoms with Gasteiger partial charge in [-0.2, -0.15) is 0 Å². The van der Waals surface area contributed by atoms with Crippen LogP contribution in [0.5, 0.6) is 0 Å². The second-order valence-electron chi connectivity index (χ2n) is 6.41. The highest BCUT2D eigenvalue weighted by Gasteiger charge is 2.57. The molecule has 2 aliphatic rings. The summed E-state index contributed by atoms with van der Waals surface area (Å²) in [4.78, 5) is 11.4. The zero-order chi connectivity index (χ0) is 18.2. The van der Waals surface area contributed by atoms with Crippen molar-refractivity contribution in [2.45, 2.75) is 67.8 Å². The van der Waals surface area contributed by atoms with E-state index in [2.05, 4.69) is 10.6 Å². The Kier molecular flexibility index (Phi) is 5.83. The fourth-order valence-electron chi connectivity index (χ4n) is 3.46. The van der Waals surface area contributed by atoms with Crippen LogP contribution in [-0.4, -0.2) is 100 Å². The number of aliphatic hydroxyl groups is 4. The van der Waals surface area contributed by atoms with Gasteiger partial charge in [-0.1, -0.05) is 0 Å². The van der Waals surface area contributed by atoms with Crippen molar-refractivity contribution in [1.82, 2.24) is 10.6 Å². The van der Waals surface area contributed by atoms with Crippen molar-refractivity contribution in [3.05, 3.63) is 0 Å². The molecule has 10 heteroatoms. The van der Waals surface area contributed by atoms with E-state index in [0.717, 1.165) is 0 Å². The Morgan fingerprint density at radius 2 is 1.62 bits per heavy atom. The molecule has 0 spiro atoms. The van der Waals surface area contributed by atoms with Gasteiger partial charge in [0.05, 0.1) is 24.3 Å². The second-order valence-corrected chi connectivity index (χ2v) is 6.41. The lowest BCUT2D eigenvalue weighted by Gasteiger charge is -2.46. The number of hydrogen-bond acceptors (Lipinski definition) is 9. The number of carbonyl (C=O) groups is 1. The maximum absolute atomic E-state index is 11.4. The molecule has 1 saturated heterocycles. The van der Waals surface area contributed by atoms with Crippen molar-refractivity contribution in [2.75, 3.05) is 14.1 Å². The first kappa shape index (κ1) is 19.5. The van der Waals surface area contributed by atoms with Crippen molar-refractivity contribution in [1.29, 1.82) is 0 Å². The normalized spacial score (nSPS) is 49.3. The Morgan fingerprint density at radius 3 is 2.04 bits per heavy atom. The van der Waals surface area contributed by atoms with Crippen molar-refractivity contribution in [3.63, 3.8) is 0 Å². The number of likely N-dealkylation sites (N-methyl/N-ethyl adjacent to an activating group) is 2. The van der Waals surface area contributed by atoms with Crippen LogP contribution < -0.4 is 10.6 Å². The lowest BCUT2D eigenvalue weighted by Crippen LogP contribution is -2.71. The molecule has 9 atom stereocenters. The van der Waals surface area contributed by atoms with Gasteiger partial charge >= 0.3 is 5.97 Å². The van der Waals surface area contributed by atoms with E-state index in [1.807, 2.05) is 0 Å². The smallest absolute Gasteiger partial charge is 0.341 e. The summed E-state index contributed by atoms with van der Waals surface area (Å²) >= 11 is 0. The largest absolute Gasteiger partial charge is 0.479 e.